The first-order valence-corrected chi connectivity index (χ1v) is 7.87. The van der Waals surface area contributed by atoms with Crippen LogP contribution in [0.3, 0.4) is 0 Å². The van der Waals surface area contributed by atoms with Crippen molar-refractivity contribution in [1.82, 2.24) is 9.97 Å². The second-order valence-corrected chi connectivity index (χ2v) is 5.93. The molecule has 0 atom stereocenters. The Balaban J connectivity index is 2.13. The molecule has 1 N–H and O–H groups in total. The van der Waals surface area contributed by atoms with Crippen LogP contribution in [0.1, 0.15) is 25.3 Å². The van der Waals surface area contributed by atoms with Crippen LogP contribution in [0.4, 0.5) is 0 Å². The lowest BCUT2D eigenvalue weighted by molar-refractivity contribution is 0.324. The summed E-state index contributed by atoms with van der Waals surface area (Å²) in [5, 5.41) is 0. The highest BCUT2D eigenvalue weighted by atomic mass is 16.5. The minimum absolute atomic E-state index is 0.474. The second-order valence-electron chi connectivity index (χ2n) is 5.93. The van der Waals surface area contributed by atoms with Crippen molar-refractivity contribution in [2.75, 3.05) is 21.3 Å². The number of aromatic amines is 1. The van der Waals surface area contributed by atoms with Gasteiger partial charge in [0.2, 0.25) is 5.75 Å². The molecule has 24 heavy (non-hydrogen) atoms. The van der Waals surface area contributed by atoms with E-state index in [1.54, 1.807) is 21.3 Å². The molecule has 0 fully saturated rings. The van der Waals surface area contributed by atoms with E-state index in [0.717, 1.165) is 22.4 Å². The molecule has 0 spiro atoms. The number of nitrogens with one attached hydrogen (secondary N) is 1. The topological polar surface area (TPSA) is 56.4 Å². The van der Waals surface area contributed by atoms with Gasteiger partial charge in [0.1, 0.15) is 5.82 Å². The number of H-pyrrole nitrogens is 1. The average Bonchev–Trinajstić information content (AvgIpc) is 3.03. The van der Waals surface area contributed by atoms with E-state index >= 15 is 0 Å². The number of hydrogen-bond donors (Lipinski definition) is 1. The number of hydrogen-bond acceptors (Lipinski definition) is 4. The lowest BCUT2D eigenvalue weighted by atomic mass is 10.0. The molecule has 5 nitrogen and oxygen atoms in total. The van der Waals surface area contributed by atoms with Crippen LogP contribution in [0.15, 0.2) is 30.3 Å². The summed E-state index contributed by atoms with van der Waals surface area (Å²) >= 11 is 0. The summed E-state index contributed by atoms with van der Waals surface area (Å²) in [6, 6.07) is 10.1. The van der Waals surface area contributed by atoms with E-state index in [2.05, 4.69) is 35.9 Å². The van der Waals surface area contributed by atoms with Gasteiger partial charge < -0.3 is 19.2 Å². The molecular weight excluding hydrogens is 304 g/mol. The van der Waals surface area contributed by atoms with Crippen LogP contribution < -0.4 is 14.2 Å². The Morgan fingerprint density at radius 3 is 2.12 bits per heavy atom. The largest absolute Gasteiger partial charge is 0.493 e. The van der Waals surface area contributed by atoms with E-state index in [0.29, 0.717) is 23.2 Å². The minimum atomic E-state index is 0.474. The zero-order valence-corrected chi connectivity index (χ0v) is 14.6. The van der Waals surface area contributed by atoms with Crippen molar-refractivity contribution in [3.8, 4) is 28.6 Å². The van der Waals surface area contributed by atoms with Crippen LogP contribution in [-0.2, 0) is 0 Å². The maximum absolute atomic E-state index is 5.42. The van der Waals surface area contributed by atoms with Crippen molar-refractivity contribution in [3.05, 3.63) is 35.9 Å². The van der Waals surface area contributed by atoms with Crippen molar-refractivity contribution >= 4 is 11.0 Å². The van der Waals surface area contributed by atoms with Gasteiger partial charge in [0.05, 0.1) is 32.4 Å². The van der Waals surface area contributed by atoms with Gasteiger partial charge in [-0.15, -0.1) is 0 Å². The second kappa shape index (κ2) is 6.43. The third kappa shape index (κ3) is 2.77. The molecule has 2 aromatic carbocycles. The molecule has 0 bridgehead atoms. The van der Waals surface area contributed by atoms with Crippen LogP contribution in [0.25, 0.3) is 22.4 Å². The standard InChI is InChI=1S/C19H22N2O3/c1-11(2)12-6-7-14-15(8-12)21-19(20-14)13-9-16(22-3)18(24-5)17(10-13)23-4/h6-11H,1-5H3,(H,20,21). The van der Waals surface area contributed by atoms with Gasteiger partial charge in [-0.2, -0.15) is 0 Å². The number of benzene rings is 2. The highest BCUT2D eigenvalue weighted by molar-refractivity contribution is 5.81. The summed E-state index contributed by atoms with van der Waals surface area (Å²) in [5.74, 6) is 3.03. The molecule has 5 heteroatoms. The summed E-state index contributed by atoms with van der Waals surface area (Å²) < 4.78 is 16.2. The first-order valence-electron chi connectivity index (χ1n) is 7.87. The number of nitrogens with zero attached hydrogens (tertiary/aromatic N) is 1. The molecule has 126 valence electrons. The maximum atomic E-state index is 5.42. The Hall–Kier alpha value is -2.69. The van der Waals surface area contributed by atoms with E-state index in [1.165, 1.54) is 5.56 Å². The quantitative estimate of drug-likeness (QED) is 0.756. The molecule has 0 unspecified atom stereocenters. The van der Waals surface area contributed by atoms with Gasteiger partial charge in [0.25, 0.3) is 0 Å². The summed E-state index contributed by atoms with van der Waals surface area (Å²) in [5.41, 5.74) is 4.11. The maximum Gasteiger partial charge on any atom is 0.203 e. The van der Waals surface area contributed by atoms with Gasteiger partial charge in [-0.05, 0) is 35.7 Å². The van der Waals surface area contributed by atoms with E-state index in [-0.39, 0.29) is 0 Å². The van der Waals surface area contributed by atoms with Gasteiger partial charge in [0.15, 0.2) is 11.5 Å². The third-order valence-electron chi connectivity index (χ3n) is 4.11. The molecule has 1 aromatic heterocycles. The van der Waals surface area contributed by atoms with Gasteiger partial charge in [-0.1, -0.05) is 19.9 Å². The Morgan fingerprint density at radius 1 is 0.917 bits per heavy atom. The molecule has 0 radical (unpaired) electrons. The predicted molar refractivity (Wildman–Crippen MR) is 95.3 cm³/mol. The fourth-order valence-corrected chi connectivity index (χ4v) is 2.74. The average molecular weight is 326 g/mol. The summed E-state index contributed by atoms with van der Waals surface area (Å²) in [6.45, 7) is 4.36. The molecule has 0 aliphatic rings. The molecule has 0 saturated heterocycles. The number of rotatable bonds is 5. The van der Waals surface area contributed by atoms with Crippen LogP contribution in [0, 0.1) is 0 Å². The van der Waals surface area contributed by atoms with E-state index in [4.69, 9.17) is 14.2 Å². The lowest BCUT2D eigenvalue weighted by Crippen LogP contribution is -1.96. The highest BCUT2D eigenvalue weighted by Crippen LogP contribution is 2.40. The SMILES string of the molecule is COc1cc(-c2nc3ccc(C(C)C)cc3[nH]2)cc(OC)c1OC. The summed E-state index contributed by atoms with van der Waals surface area (Å²) in [4.78, 5) is 8.07. The van der Waals surface area contributed by atoms with Crippen LogP contribution in [0.2, 0.25) is 0 Å². The van der Waals surface area contributed by atoms with Crippen LogP contribution >= 0.6 is 0 Å². The number of imidazole rings is 1. The minimum Gasteiger partial charge on any atom is -0.493 e. The highest BCUT2D eigenvalue weighted by Gasteiger charge is 2.16. The zero-order chi connectivity index (χ0) is 17.3. The molecule has 0 aliphatic carbocycles. The molecular formula is C19H22N2O3. The van der Waals surface area contributed by atoms with Crippen LogP contribution in [0.5, 0.6) is 17.2 Å². The molecule has 3 rings (SSSR count). The smallest absolute Gasteiger partial charge is 0.203 e. The van der Waals surface area contributed by atoms with Gasteiger partial charge in [-0.25, -0.2) is 4.98 Å². The number of aromatic nitrogens is 2. The van der Waals surface area contributed by atoms with Crippen molar-refractivity contribution in [2.24, 2.45) is 0 Å². The number of methoxy groups -OCH3 is 3. The lowest BCUT2D eigenvalue weighted by Gasteiger charge is -2.13. The summed E-state index contributed by atoms with van der Waals surface area (Å²) in [7, 11) is 4.80. The molecule has 1 heterocycles. The zero-order valence-electron chi connectivity index (χ0n) is 14.6. The fourth-order valence-electron chi connectivity index (χ4n) is 2.74. The van der Waals surface area contributed by atoms with Gasteiger partial charge in [-0.3, -0.25) is 0 Å². The molecule has 0 amide bonds. The number of fused-ring (bicyclic) bond motifs is 1. The van der Waals surface area contributed by atoms with Gasteiger partial charge in [0, 0.05) is 5.56 Å². The van der Waals surface area contributed by atoms with Crippen molar-refractivity contribution in [2.45, 2.75) is 19.8 Å². The van der Waals surface area contributed by atoms with Crippen molar-refractivity contribution in [3.63, 3.8) is 0 Å². The van der Waals surface area contributed by atoms with E-state index in [9.17, 15) is 0 Å². The predicted octanol–water partition coefficient (Wildman–Crippen LogP) is 4.38. The van der Waals surface area contributed by atoms with Crippen molar-refractivity contribution < 1.29 is 14.2 Å². The Kier molecular flexibility index (Phi) is 4.34. The first kappa shape index (κ1) is 16.2. The van der Waals surface area contributed by atoms with E-state index in [1.807, 2.05) is 18.2 Å². The fraction of sp³-hybridized carbons (Fsp3) is 0.316. The Bertz CT molecular complexity index is 843. The van der Waals surface area contributed by atoms with Gasteiger partial charge >= 0.3 is 0 Å². The third-order valence-corrected chi connectivity index (χ3v) is 4.11. The Labute approximate surface area is 141 Å². The van der Waals surface area contributed by atoms with E-state index < -0.39 is 0 Å². The van der Waals surface area contributed by atoms with Crippen LogP contribution in [-0.4, -0.2) is 31.3 Å². The Morgan fingerprint density at radius 2 is 1.58 bits per heavy atom. The normalized spacial score (nSPS) is 11.1. The van der Waals surface area contributed by atoms with Crippen molar-refractivity contribution in [1.29, 1.82) is 0 Å². The molecule has 3 aromatic rings. The monoisotopic (exact) mass is 326 g/mol. The number of ether oxygens (including phenoxy) is 3. The molecule has 0 aliphatic heterocycles. The molecule has 0 saturated carbocycles. The summed E-state index contributed by atoms with van der Waals surface area (Å²) in [6.07, 6.45) is 0. The first-order chi connectivity index (χ1) is 11.6.